The highest BCUT2D eigenvalue weighted by molar-refractivity contribution is 7.11. The molecule has 0 amide bonds. The molecule has 0 spiro atoms. The van der Waals surface area contributed by atoms with E-state index >= 15 is 0 Å². The fourth-order valence-electron chi connectivity index (χ4n) is 1.13. The number of nitrogens with zero attached hydrogens (tertiary/aromatic N) is 1. The summed E-state index contributed by atoms with van der Waals surface area (Å²) < 4.78 is 0. The summed E-state index contributed by atoms with van der Waals surface area (Å²) in [7, 11) is 0. The van der Waals surface area contributed by atoms with Crippen molar-refractivity contribution in [3.05, 3.63) is 16.1 Å². The van der Waals surface area contributed by atoms with Crippen LogP contribution in [-0.4, -0.2) is 22.7 Å². The largest absolute Gasteiger partial charge is 0.391 e. The number of aliphatic hydroxyl groups excluding tert-OH is 1. The highest BCUT2D eigenvalue weighted by Crippen LogP contribution is 2.18. The van der Waals surface area contributed by atoms with Crippen molar-refractivity contribution < 1.29 is 5.11 Å². The standard InChI is InChI=1S/C11H20N2OS/c1-8-13-6-9(15-8)5-12-7-10(14)11(2,3)4/h6,10,12,14H,5,7H2,1-4H3. The Kier molecular flexibility index (Phi) is 4.25. The molecule has 1 aromatic heterocycles. The molecular weight excluding hydrogens is 208 g/mol. The summed E-state index contributed by atoms with van der Waals surface area (Å²) in [6, 6.07) is 0. The Hall–Kier alpha value is -0.450. The first kappa shape index (κ1) is 12.6. The second kappa shape index (κ2) is 5.05. The third kappa shape index (κ3) is 4.28. The van der Waals surface area contributed by atoms with Gasteiger partial charge in [-0.05, 0) is 12.3 Å². The average molecular weight is 228 g/mol. The van der Waals surface area contributed by atoms with E-state index < -0.39 is 0 Å². The van der Waals surface area contributed by atoms with E-state index in [1.807, 2.05) is 33.9 Å². The van der Waals surface area contributed by atoms with Gasteiger partial charge in [0, 0.05) is 24.2 Å². The Labute approximate surface area is 95.6 Å². The van der Waals surface area contributed by atoms with Crippen LogP contribution in [0.25, 0.3) is 0 Å². The molecule has 1 heterocycles. The predicted molar refractivity (Wildman–Crippen MR) is 64.0 cm³/mol. The fourth-order valence-corrected chi connectivity index (χ4v) is 1.89. The van der Waals surface area contributed by atoms with Crippen molar-refractivity contribution in [2.24, 2.45) is 5.41 Å². The van der Waals surface area contributed by atoms with Gasteiger partial charge in [-0.3, -0.25) is 0 Å². The number of aryl methyl sites for hydroxylation is 1. The van der Waals surface area contributed by atoms with Crippen LogP contribution < -0.4 is 5.32 Å². The van der Waals surface area contributed by atoms with E-state index in [1.165, 1.54) is 4.88 Å². The van der Waals surface area contributed by atoms with Crippen molar-refractivity contribution in [1.29, 1.82) is 0 Å². The van der Waals surface area contributed by atoms with Crippen LogP contribution in [0.5, 0.6) is 0 Å². The number of aliphatic hydroxyl groups is 1. The van der Waals surface area contributed by atoms with Gasteiger partial charge in [-0.25, -0.2) is 4.98 Å². The van der Waals surface area contributed by atoms with E-state index in [-0.39, 0.29) is 11.5 Å². The van der Waals surface area contributed by atoms with Crippen molar-refractivity contribution in [1.82, 2.24) is 10.3 Å². The SMILES string of the molecule is Cc1ncc(CNCC(O)C(C)(C)C)s1. The minimum atomic E-state index is -0.313. The molecule has 0 fully saturated rings. The summed E-state index contributed by atoms with van der Waals surface area (Å²) in [4.78, 5) is 5.40. The molecule has 0 saturated carbocycles. The summed E-state index contributed by atoms with van der Waals surface area (Å²) >= 11 is 1.69. The van der Waals surface area contributed by atoms with Crippen LogP contribution in [0.15, 0.2) is 6.20 Å². The zero-order valence-electron chi connectivity index (χ0n) is 9.87. The van der Waals surface area contributed by atoms with Gasteiger partial charge >= 0.3 is 0 Å². The molecule has 2 N–H and O–H groups in total. The Morgan fingerprint density at radius 3 is 2.67 bits per heavy atom. The van der Waals surface area contributed by atoms with Crippen LogP contribution in [0.3, 0.4) is 0 Å². The fraction of sp³-hybridized carbons (Fsp3) is 0.727. The zero-order valence-corrected chi connectivity index (χ0v) is 10.7. The molecule has 0 aromatic carbocycles. The van der Waals surface area contributed by atoms with E-state index in [0.717, 1.165) is 11.6 Å². The van der Waals surface area contributed by atoms with Gasteiger partial charge in [-0.1, -0.05) is 20.8 Å². The number of hydrogen-bond acceptors (Lipinski definition) is 4. The van der Waals surface area contributed by atoms with Crippen molar-refractivity contribution in [2.75, 3.05) is 6.54 Å². The number of hydrogen-bond donors (Lipinski definition) is 2. The third-order valence-corrected chi connectivity index (χ3v) is 3.22. The summed E-state index contributed by atoms with van der Waals surface area (Å²) in [6.07, 6.45) is 1.57. The smallest absolute Gasteiger partial charge is 0.0897 e. The lowest BCUT2D eigenvalue weighted by Gasteiger charge is -2.25. The van der Waals surface area contributed by atoms with Gasteiger partial charge in [-0.15, -0.1) is 11.3 Å². The van der Waals surface area contributed by atoms with Gasteiger partial charge in [0.25, 0.3) is 0 Å². The molecule has 1 unspecified atom stereocenters. The quantitative estimate of drug-likeness (QED) is 0.828. The van der Waals surface area contributed by atoms with Gasteiger partial charge < -0.3 is 10.4 Å². The normalized spacial score (nSPS) is 14.2. The van der Waals surface area contributed by atoms with E-state index in [2.05, 4.69) is 10.3 Å². The average Bonchev–Trinajstić information content (AvgIpc) is 2.49. The van der Waals surface area contributed by atoms with Gasteiger partial charge in [0.05, 0.1) is 11.1 Å². The Balaban J connectivity index is 2.28. The molecule has 3 nitrogen and oxygen atoms in total. The zero-order chi connectivity index (χ0) is 11.5. The molecular formula is C11H20N2OS. The van der Waals surface area contributed by atoms with Crippen LogP contribution in [0, 0.1) is 12.3 Å². The summed E-state index contributed by atoms with van der Waals surface area (Å²) in [5.41, 5.74) is -0.0589. The van der Waals surface area contributed by atoms with E-state index in [4.69, 9.17) is 0 Å². The molecule has 0 saturated heterocycles. The minimum Gasteiger partial charge on any atom is -0.391 e. The predicted octanol–water partition coefficient (Wildman–Crippen LogP) is 1.95. The number of rotatable bonds is 4. The van der Waals surface area contributed by atoms with Crippen molar-refractivity contribution in [3.63, 3.8) is 0 Å². The van der Waals surface area contributed by atoms with Crippen LogP contribution in [-0.2, 0) is 6.54 Å². The second-order valence-corrected chi connectivity index (χ2v) is 6.18. The molecule has 86 valence electrons. The molecule has 0 aliphatic heterocycles. The monoisotopic (exact) mass is 228 g/mol. The Morgan fingerprint density at radius 2 is 2.20 bits per heavy atom. The first-order valence-electron chi connectivity index (χ1n) is 5.19. The van der Waals surface area contributed by atoms with E-state index in [9.17, 15) is 5.11 Å². The molecule has 0 radical (unpaired) electrons. The van der Waals surface area contributed by atoms with Crippen LogP contribution in [0.4, 0.5) is 0 Å². The lowest BCUT2D eigenvalue weighted by atomic mass is 9.89. The van der Waals surface area contributed by atoms with E-state index in [0.29, 0.717) is 6.54 Å². The molecule has 0 aliphatic carbocycles. The maximum atomic E-state index is 9.79. The maximum absolute atomic E-state index is 9.79. The lowest BCUT2D eigenvalue weighted by Crippen LogP contribution is -2.36. The molecule has 15 heavy (non-hydrogen) atoms. The molecule has 1 aromatic rings. The molecule has 1 atom stereocenters. The molecule has 0 bridgehead atoms. The van der Waals surface area contributed by atoms with Crippen molar-refractivity contribution in [3.8, 4) is 0 Å². The highest BCUT2D eigenvalue weighted by atomic mass is 32.1. The highest BCUT2D eigenvalue weighted by Gasteiger charge is 2.21. The lowest BCUT2D eigenvalue weighted by molar-refractivity contribution is 0.0628. The van der Waals surface area contributed by atoms with Gasteiger partial charge in [0.15, 0.2) is 0 Å². The topological polar surface area (TPSA) is 45.2 Å². The van der Waals surface area contributed by atoms with Crippen LogP contribution in [0.2, 0.25) is 0 Å². The molecule has 0 aliphatic rings. The van der Waals surface area contributed by atoms with E-state index in [1.54, 1.807) is 11.3 Å². The van der Waals surface area contributed by atoms with Gasteiger partial charge in [0.1, 0.15) is 0 Å². The minimum absolute atomic E-state index is 0.0589. The van der Waals surface area contributed by atoms with Crippen molar-refractivity contribution in [2.45, 2.75) is 40.3 Å². The Morgan fingerprint density at radius 1 is 1.53 bits per heavy atom. The summed E-state index contributed by atoms with van der Waals surface area (Å²) in [5.74, 6) is 0. The van der Waals surface area contributed by atoms with Gasteiger partial charge in [-0.2, -0.15) is 0 Å². The summed E-state index contributed by atoms with van der Waals surface area (Å²) in [5, 5.41) is 14.1. The second-order valence-electron chi connectivity index (χ2n) is 4.86. The molecule has 4 heteroatoms. The first-order valence-corrected chi connectivity index (χ1v) is 6.01. The van der Waals surface area contributed by atoms with Crippen molar-refractivity contribution >= 4 is 11.3 Å². The van der Waals surface area contributed by atoms with Gasteiger partial charge in [0.2, 0.25) is 0 Å². The number of thiazole rings is 1. The maximum Gasteiger partial charge on any atom is 0.0897 e. The van der Waals surface area contributed by atoms with Crippen LogP contribution >= 0.6 is 11.3 Å². The summed E-state index contributed by atoms with van der Waals surface area (Å²) in [6.45, 7) is 9.53. The first-order chi connectivity index (χ1) is 6.89. The number of aromatic nitrogens is 1. The molecule has 1 rings (SSSR count). The van der Waals surface area contributed by atoms with Crippen LogP contribution in [0.1, 0.15) is 30.7 Å². The number of nitrogens with one attached hydrogen (secondary N) is 1. The third-order valence-electron chi connectivity index (χ3n) is 2.31. The Bertz CT molecular complexity index is 304.